The number of thiophene rings is 1. The Labute approximate surface area is 234 Å². The van der Waals surface area contributed by atoms with Gasteiger partial charge in [0.1, 0.15) is 16.3 Å². The Morgan fingerprint density at radius 2 is 1.82 bits per heavy atom. The quantitative estimate of drug-likeness (QED) is 0.182. The largest absolute Gasteiger partial charge is 0.483 e. The zero-order valence-electron chi connectivity index (χ0n) is 21.6. The van der Waals surface area contributed by atoms with Crippen LogP contribution in [0.2, 0.25) is 5.02 Å². The SMILES string of the molecule is COC(=O)c1c(-c2ccc(Cl)cc2)csc1NC(=O)CSc1nnc(C(C)Oc2cc(C)cc(C)c2)n1C. The number of rotatable bonds is 9. The summed E-state index contributed by atoms with van der Waals surface area (Å²) in [6.07, 6.45) is -0.336. The first kappa shape index (κ1) is 27.7. The van der Waals surface area contributed by atoms with Gasteiger partial charge in [0.05, 0.1) is 12.9 Å². The fourth-order valence-electron chi connectivity index (χ4n) is 3.95. The first-order chi connectivity index (χ1) is 18.2. The van der Waals surface area contributed by atoms with Gasteiger partial charge in [-0.2, -0.15) is 0 Å². The minimum atomic E-state index is -0.533. The summed E-state index contributed by atoms with van der Waals surface area (Å²) >= 11 is 8.50. The van der Waals surface area contributed by atoms with Crippen molar-refractivity contribution in [1.29, 1.82) is 0 Å². The predicted molar refractivity (Wildman–Crippen MR) is 151 cm³/mol. The first-order valence-corrected chi connectivity index (χ1v) is 13.9. The molecular weight excluding hydrogens is 544 g/mol. The number of aryl methyl sites for hydroxylation is 2. The Bertz CT molecular complexity index is 1450. The van der Waals surface area contributed by atoms with Gasteiger partial charge in [-0.25, -0.2) is 4.79 Å². The summed E-state index contributed by atoms with van der Waals surface area (Å²) in [7, 11) is 3.15. The van der Waals surface area contributed by atoms with Crippen molar-refractivity contribution in [3.8, 4) is 16.9 Å². The van der Waals surface area contributed by atoms with Crippen molar-refractivity contribution in [2.45, 2.75) is 32.0 Å². The molecule has 4 aromatic rings. The zero-order valence-corrected chi connectivity index (χ0v) is 24.0. The lowest BCUT2D eigenvalue weighted by molar-refractivity contribution is -0.113. The van der Waals surface area contributed by atoms with Crippen LogP contribution in [0.5, 0.6) is 5.75 Å². The van der Waals surface area contributed by atoms with Gasteiger partial charge in [-0.3, -0.25) is 4.79 Å². The third-order valence-electron chi connectivity index (χ3n) is 5.66. The minimum Gasteiger partial charge on any atom is -0.483 e. The molecule has 0 fully saturated rings. The average Bonchev–Trinajstić information content (AvgIpc) is 3.45. The molecule has 4 rings (SSSR count). The second-order valence-electron chi connectivity index (χ2n) is 8.67. The number of ether oxygens (including phenoxy) is 2. The Kier molecular flexibility index (Phi) is 8.76. The van der Waals surface area contributed by atoms with E-state index >= 15 is 0 Å². The second-order valence-corrected chi connectivity index (χ2v) is 10.9. The summed E-state index contributed by atoms with van der Waals surface area (Å²) < 4.78 is 12.9. The van der Waals surface area contributed by atoms with E-state index in [2.05, 4.69) is 21.6 Å². The summed E-state index contributed by atoms with van der Waals surface area (Å²) in [5.41, 5.74) is 4.00. The fraction of sp³-hybridized carbons (Fsp3) is 0.259. The molecule has 1 atom stereocenters. The highest BCUT2D eigenvalue weighted by molar-refractivity contribution is 7.99. The van der Waals surface area contributed by atoms with E-state index in [0.29, 0.717) is 32.1 Å². The van der Waals surface area contributed by atoms with Crippen LogP contribution in [0.3, 0.4) is 0 Å². The Morgan fingerprint density at radius 3 is 2.47 bits per heavy atom. The highest BCUT2D eigenvalue weighted by atomic mass is 35.5. The van der Waals surface area contributed by atoms with Crippen LogP contribution in [-0.2, 0) is 16.6 Å². The fourth-order valence-corrected chi connectivity index (χ4v) is 5.77. The molecule has 8 nitrogen and oxygen atoms in total. The van der Waals surface area contributed by atoms with Crippen molar-refractivity contribution in [1.82, 2.24) is 14.8 Å². The topological polar surface area (TPSA) is 95.3 Å². The molecule has 0 radical (unpaired) electrons. The molecule has 2 aromatic heterocycles. The number of benzene rings is 2. The van der Waals surface area contributed by atoms with Gasteiger partial charge in [0.25, 0.3) is 0 Å². The lowest BCUT2D eigenvalue weighted by Crippen LogP contribution is -2.16. The molecule has 198 valence electrons. The molecule has 0 bridgehead atoms. The number of hydrogen-bond donors (Lipinski definition) is 1. The van der Waals surface area contributed by atoms with Crippen molar-refractivity contribution in [2.24, 2.45) is 7.05 Å². The van der Waals surface area contributed by atoms with Gasteiger partial charge in [-0.15, -0.1) is 21.5 Å². The molecule has 0 aliphatic carbocycles. The van der Waals surface area contributed by atoms with E-state index in [0.717, 1.165) is 22.4 Å². The molecule has 2 aromatic carbocycles. The normalized spacial score (nSPS) is 11.7. The Morgan fingerprint density at radius 1 is 1.13 bits per heavy atom. The van der Waals surface area contributed by atoms with E-state index in [1.165, 1.54) is 30.2 Å². The van der Waals surface area contributed by atoms with Crippen LogP contribution in [0.4, 0.5) is 5.00 Å². The van der Waals surface area contributed by atoms with Crippen molar-refractivity contribution in [2.75, 3.05) is 18.2 Å². The van der Waals surface area contributed by atoms with Crippen molar-refractivity contribution in [3.63, 3.8) is 0 Å². The highest BCUT2D eigenvalue weighted by Crippen LogP contribution is 2.37. The maximum atomic E-state index is 12.8. The number of thioether (sulfide) groups is 1. The zero-order chi connectivity index (χ0) is 27.4. The van der Waals surface area contributed by atoms with Crippen LogP contribution in [0.25, 0.3) is 11.1 Å². The number of methoxy groups -OCH3 is 1. The third kappa shape index (κ3) is 6.38. The van der Waals surface area contributed by atoms with Gasteiger partial charge in [-0.05, 0) is 61.7 Å². The maximum absolute atomic E-state index is 12.8. The number of esters is 1. The number of nitrogens with one attached hydrogen (secondary N) is 1. The number of carbonyl (C=O) groups is 2. The van der Waals surface area contributed by atoms with Crippen LogP contribution in [0, 0.1) is 13.8 Å². The van der Waals surface area contributed by atoms with Gasteiger partial charge in [0, 0.05) is 23.0 Å². The second kappa shape index (κ2) is 12.0. The molecule has 0 saturated heterocycles. The summed E-state index contributed by atoms with van der Waals surface area (Å²) in [6.45, 7) is 5.96. The number of nitrogens with zero attached hydrogens (tertiary/aromatic N) is 3. The van der Waals surface area contributed by atoms with Crippen LogP contribution in [0.1, 0.15) is 40.3 Å². The molecular formula is C27H27ClN4O4S2. The Balaban J connectivity index is 1.43. The van der Waals surface area contributed by atoms with Crippen molar-refractivity contribution < 1.29 is 19.1 Å². The van der Waals surface area contributed by atoms with Gasteiger partial charge < -0.3 is 19.4 Å². The van der Waals surface area contributed by atoms with E-state index in [-0.39, 0.29) is 17.8 Å². The molecule has 0 aliphatic rings. The first-order valence-electron chi connectivity index (χ1n) is 11.7. The van der Waals surface area contributed by atoms with Crippen LogP contribution in [0.15, 0.2) is 53.0 Å². The van der Waals surface area contributed by atoms with Crippen molar-refractivity contribution >= 4 is 51.6 Å². The number of halogens is 1. The molecule has 1 N–H and O–H groups in total. The summed E-state index contributed by atoms with van der Waals surface area (Å²) in [5.74, 6) is 0.670. The molecule has 38 heavy (non-hydrogen) atoms. The number of anilines is 1. The number of aromatic nitrogens is 3. The Hall–Kier alpha value is -3.34. The van der Waals surface area contributed by atoms with E-state index in [4.69, 9.17) is 21.1 Å². The van der Waals surface area contributed by atoms with Crippen LogP contribution < -0.4 is 10.1 Å². The summed E-state index contributed by atoms with van der Waals surface area (Å²) in [4.78, 5) is 25.4. The highest BCUT2D eigenvalue weighted by Gasteiger charge is 2.23. The van der Waals surface area contributed by atoms with E-state index in [9.17, 15) is 9.59 Å². The van der Waals surface area contributed by atoms with Gasteiger partial charge >= 0.3 is 5.97 Å². The lowest BCUT2D eigenvalue weighted by Gasteiger charge is -2.15. The van der Waals surface area contributed by atoms with E-state index in [1.54, 1.807) is 12.1 Å². The number of carbonyl (C=O) groups excluding carboxylic acids is 2. The molecule has 1 amide bonds. The summed E-state index contributed by atoms with van der Waals surface area (Å²) in [5, 5.41) is 14.7. The lowest BCUT2D eigenvalue weighted by atomic mass is 10.0. The van der Waals surface area contributed by atoms with Crippen LogP contribution >= 0.6 is 34.7 Å². The monoisotopic (exact) mass is 570 g/mol. The van der Waals surface area contributed by atoms with Gasteiger partial charge in [0.15, 0.2) is 17.1 Å². The standard InChI is InChI=1S/C27H27ClN4O4S2/c1-15-10-16(2)12-20(11-15)36-17(3)24-30-31-27(32(24)4)38-14-22(33)29-25-23(26(34)35-5)21(13-37-25)18-6-8-19(28)9-7-18/h6-13,17H,14H2,1-5H3,(H,29,33). The molecule has 0 saturated carbocycles. The average molecular weight is 571 g/mol. The number of hydrogen-bond acceptors (Lipinski definition) is 8. The molecule has 0 spiro atoms. The number of amides is 1. The van der Waals surface area contributed by atoms with E-state index in [1.807, 2.05) is 62.0 Å². The minimum absolute atomic E-state index is 0.0765. The molecule has 2 heterocycles. The molecule has 11 heteroatoms. The van der Waals surface area contributed by atoms with Crippen LogP contribution in [-0.4, -0.2) is 39.5 Å². The maximum Gasteiger partial charge on any atom is 0.341 e. The van der Waals surface area contributed by atoms with Gasteiger partial charge in [-0.1, -0.05) is 41.6 Å². The smallest absolute Gasteiger partial charge is 0.341 e. The van der Waals surface area contributed by atoms with Gasteiger partial charge in [0.2, 0.25) is 5.91 Å². The third-order valence-corrected chi connectivity index (χ3v) is 7.83. The molecule has 0 aliphatic heterocycles. The summed E-state index contributed by atoms with van der Waals surface area (Å²) in [6, 6.07) is 13.2. The van der Waals surface area contributed by atoms with E-state index < -0.39 is 5.97 Å². The predicted octanol–water partition coefficient (Wildman–Crippen LogP) is 6.47. The van der Waals surface area contributed by atoms with Crippen molar-refractivity contribution in [3.05, 3.63) is 75.4 Å². The molecule has 1 unspecified atom stereocenters.